The summed E-state index contributed by atoms with van der Waals surface area (Å²) in [6, 6.07) is -1.11. The van der Waals surface area contributed by atoms with Gasteiger partial charge in [0.1, 0.15) is 5.60 Å². The Morgan fingerprint density at radius 1 is 1.38 bits per heavy atom. The first-order chi connectivity index (χ1) is 9.63. The zero-order valence-corrected chi connectivity index (χ0v) is 12.6. The summed E-state index contributed by atoms with van der Waals surface area (Å²) >= 11 is 0. The smallest absolute Gasteiger partial charge is 0.410 e. The van der Waals surface area contributed by atoms with Gasteiger partial charge in [0.2, 0.25) is 5.91 Å². The lowest BCUT2D eigenvalue weighted by molar-refractivity contribution is -0.120. The Morgan fingerprint density at radius 3 is 2.43 bits per heavy atom. The summed E-state index contributed by atoms with van der Waals surface area (Å²) in [6.07, 6.45) is -2.11. The SMILES string of the molecule is CC(C)(C)OC(=O)N1CCC2(CC1)CC(=O)NC2C(F)F. The molecule has 2 aliphatic rings. The van der Waals surface area contributed by atoms with E-state index in [2.05, 4.69) is 5.32 Å². The van der Waals surface area contributed by atoms with Gasteiger partial charge in [0, 0.05) is 24.9 Å². The Labute approximate surface area is 123 Å². The molecule has 0 saturated carbocycles. The molecule has 120 valence electrons. The minimum Gasteiger partial charge on any atom is -0.444 e. The molecular weight excluding hydrogens is 282 g/mol. The number of piperidine rings is 1. The molecule has 5 nitrogen and oxygen atoms in total. The van der Waals surface area contributed by atoms with E-state index in [9.17, 15) is 18.4 Å². The number of amides is 2. The minimum absolute atomic E-state index is 0.115. The average Bonchev–Trinajstić information content (AvgIpc) is 2.65. The third-order valence-electron chi connectivity index (χ3n) is 4.15. The van der Waals surface area contributed by atoms with Crippen molar-refractivity contribution in [1.29, 1.82) is 0 Å². The Morgan fingerprint density at radius 2 is 1.95 bits per heavy atom. The van der Waals surface area contributed by atoms with Crippen LogP contribution in [0.4, 0.5) is 13.6 Å². The quantitative estimate of drug-likeness (QED) is 0.807. The van der Waals surface area contributed by atoms with Crippen molar-refractivity contribution in [2.45, 2.75) is 58.1 Å². The summed E-state index contributed by atoms with van der Waals surface area (Å²) in [5.41, 5.74) is -1.31. The van der Waals surface area contributed by atoms with E-state index in [1.165, 1.54) is 4.90 Å². The van der Waals surface area contributed by atoms with Crippen molar-refractivity contribution in [2.75, 3.05) is 13.1 Å². The van der Waals surface area contributed by atoms with Gasteiger partial charge < -0.3 is 15.0 Å². The van der Waals surface area contributed by atoms with Crippen LogP contribution in [0.2, 0.25) is 0 Å². The van der Waals surface area contributed by atoms with Crippen LogP contribution in [0.3, 0.4) is 0 Å². The number of hydrogen-bond acceptors (Lipinski definition) is 3. The third-order valence-corrected chi connectivity index (χ3v) is 4.15. The minimum atomic E-state index is -2.58. The predicted octanol–water partition coefficient (Wildman–Crippen LogP) is 2.16. The molecule has 2 amide bonds. The van der Waals surface area contributed by atoms with Gasteiger partial charge in [-0.05, 0) is 33.6 Å². The monoisotopic (exact) mass is 304 g/mol. The van der Waals surface area contributed by atoms with Gasteiger partial charge >= 0.3 is 6.09 Å². The van der Waals surface area contributed by atoms with E-state index in [1.807, 2.05) is 0 Å². The van der Waals surface area contributed by atoms with Crippen LogP contribution in [0, 0.1) is 5.41 Å². The van der Waals surface area contributed by atoms with Gasteiger partial charge in [-0.3, -0.25) is 4.79 Å². The summed E-state index contributed by atoms with van der Waals surface area (Å²) in [5, 5.41) is 2.37. The van der Waals surface area contributed by atoms with Gasteiger partial charge in [-0.25, -0.2) is 13.6 Å². The molecule has 0 aromatic heterocycles. The number of rotatable bonds is 1. The Bertz CT molecular complexity index is 426. The van der Waals surface area contributed by atoms with E-state index >= 15 is 0 Å². The number of carbonyl (C=O) groups excluding carboxylic acids is 2. The summed E-state index contributed by atoms with van der Waals surface area (Å²) in [6.45, 7) is 6.02. The molecule has 1 unspecified atom stereocenters. The largest absolute Gasteiger partial charge is 0.444 e. The maximum atomic E-state index is 13.1. The number of nitrogens with zero attached hydrogens (tertiary/aromatic N) is 1. The molecule has 0 aromatic carbocycles. The van der Waals surface area contributed by atoms with Crippen molar-refractivity contribution < 1.29 is 23.1 Å². The van der Waals surface area contributed by atoms with E-state index < -0.39 is 29.6 Å². The number of likely N-dealkylation sites (tertiary alicyclic amines) is 1. The molecule has 0 radical (unpaired) electrons. The highest BCUT2D eigenvalue weighted by Gasteiger charge is 2.52. The van der Waals surface area contributed by atoms with Gasteiger partial charge in [0.15, 0.2) is 0 Å². The highest BCUT2D eigenvalue weighted by Crippen LogP contribution is 2.44. The molecule has 2 rings (SSSR count). The second-order valence-electron chi connectivity index (χ2n) is 6.89. The van der Waals surface area contributed by atoms with Crippen LogP contribution in [0.5, 0.6) is 0 Å². The van der Waals surface area contributed by atoms with Crippen molar-refractivity contribution in [3.8, 4) is 0 Å². The first kappa shape index (κ1) is 16.0. The van der Waals surface area contributed by atoms with Crippen molar-refractivity contribution in [3.63, 3.8) is 0 Å². The molecule has 0 aromatic rings. The number of ether oxygens (including phenoxy) is 1. The average molecular weight is 304 g/mol. The topological polar surface area (TPSA) is 58.6 Å². The fraction of sp³-hybridized carbons (Fsp3) is 0.857. The molecule has 1 atom stereocenters. The first-order valence-corrected chi connectivity index (χ1v) is 7.18. The first-order valence-electron chi connectivity index (χ1n) is 7.18. The maximum absolute atomic E-state index is 13.1. The summed E-state index contributed by atoms with van der Waals surface area (Å²) in [7, 11) is 0. The molecule has 0 bridgehead atoms. The van der Waals surface area contributed by atoms with Crippen LogP contribution < -0.4 is 5.32 Å². The number of hydrogen-bond donors (Lipinski definition) is 1. The second kappa shape index (κ2) is 5.42. The van der Waals surface area contributed by atoms with Gasteiger partial charge in [-0.15, -0.1) is 0 Å². The van der Waals surface area contributed by atoms with E-state index in [4.69, 9.17) is 4.74 Å². The van der Waals surface area contributed by atoms with E-state index in [0.717, 1.165) is 0 Å². The molecule has 2 heterocycles. The zero-order valence-electron chi connectivity index (χ0n) is 12.6. The number of alkyl halides is 2. The van der Waals surface area contributed by atoms with Crippen LogP contribution in [-0.4, -0.2) is 48.1 Å². The molecule has 1 spiro atoms. The molecule has 2 aliphatic heterocycles. The molecular formula is C14H22F2N2O3. The lowest BCUT2D eigenvalue weighted by Crippen LogP contribution is -2.51. The maximum Gasteiger partial charge on any atom is 0.410 e. The number of nitrogens with one attached hydrogen (secondary N) is 1. The summed E-state index contributed by atoms with van der Waals surface area (Å²) in [4.78, 5) is 25.0. The van der Waals surface area contributed by atoms with Crippen molar-refractivity contribution in [1.82, 2.24) is 10.2 Å². The highest BCUT2D eigenvalue weighted by atomic mass is 19.3. The van der Waals surface area contributed by atoms with Crippen LogP contribution in [0.15, 0.2) is 0 Å². The third kappa shape index (κ3) is 3.44. The molecule has 21 heavy (non-hydrogen) atoms. The Kier molecular flexibility index (Phi) is 4.13. The molecule has 1 N–H and O–H groups in total. The normalized spacial score (nSPS) is 25.3. The zero-order chi connectivity index (χ0) is 15.8. The van der Waals surface area contributed by atoms with E-state index in [1.54, 1.807) is 20.8 Å². The highest BCUT2D eigenvalue weighted by molar-refractivity contribution is 5.80. The Balaban J connectivity index is 1.99. The second-order valence-corrected chi connectivity index (χ2v) is 6.89. The van der Waals surface area contributed by atoms with E-state index in [-0.39, 0.29) is 12.3 Å². The fourth-order valence-electron chi connectivity index (χ4n) is 3.09. The summed E-state index contributed by atoms with van der Waals surface area (Å²) in [5.74, 6) is -0.328. The standard InChI is InChI=1S/C14H22F2N2O3/c1-13(2,3)21-12(20)18-6-4-14(5-7-18)8-9(19)17-10(14)11(15)16/h10-11H,4-8H2,1-3H3,(H,17,19). The molecule has 7 heteroatoms. The Hall–Kier alpha value is -1.40. The van der Waals surface area contributed by atoms with E-state index in [0.29, 0.717) is 25.9 Å². The lowest BCUT2D eigenvalue weighted by atomic mass is 9.72. The lowest BCUT2D eigenvalue weighted by Gasteiger charge is -2.41. The van der Waals surface area contributed by atoms with Gasteiger partial charge in [0.05, 0.1) is 6.04 Å². The number of carbonyl (C=O) groups is 2. The molecule has 0 aliphatic carbocycles. The van der Waals surface area contributed by atoms with Crippen LogP contribution >= 0.6 is 0 Å². The predicted molar refractivity (Wildman–Crippen MR) is 72.0 cm³/mol. The van der Waals surface area contributed by atoms with Gasteiger partial charge in [0.25, 0.3) is 6.43 Å². The molecule has 2 saturated heterocycles. The number of halogens is 2. The van der Waals surface area contributed by atoms with Crippen LogP contribution in [-0.2, 0) is 9.53 Å². The summed E-state index contributed by atoms with van der Waals surface area (Å²) < 4.78 is 31.5. The van der Waals surface area contributed by atoms with Crippen molar-refractivity contribution in [2.24, 2.45) is 5.41 Å². The van der Waals surface area contributed by atoms with Gasteiger partial charge in [-0.2, -0.15) is 0 Å². The van der Waals surface area contributed by atoms with Crippen molar-refractivity contribution >= 4 is 12.0 Å². The van der Waals surface area contributed by atoms with Crippen molar-refractivity contribution in [3.05, 3.63) is 0 Å². The van der Waals surface area contributed by atoms with Crippen LogP contribution in [0.25, 0.3) is 0 Å². The molecule has 2 fully saturated rings. The fourth-order valence-corrected chi connectivity index (χ4v) is 3.09. The van der Waals surface area contributed by atoms with Gasteiger partial charge in [-0.1, -0.05) is 0 Å². The van der Waals surface area contributed by atoms with Crippen LogP contribution in [0.1, 0.15) is 40.0 Å².